The Bertz CT molecular complexity index is 1040. The molecule has 57 heavy (non-hydrogen) atoms. The van der Waals surface area contributed by atoms with Crippen LogP contribution in [0.1, 0.15) is 204 Å². The van der Waals surface area contributed by atoms with Crippen LogP contribution in [-0.2, 0) is 18.8 Å². The number of hydrogen-bond acceptors (Lipinski definition) is 7. The predicted molar refractivity (Wildman–Crippen MR) is 236 cm³/mol. The number of ether oxygens (including phenoxy) is 2. The number of aliphatic hydroxyl groups is 2. The summed E-state index contributed by atoms with van der Waals surface area (Å²) in [4.78, 5) is 31.3. The minimum absolute atomic E-state index is 0.0326. The fourth-order valence-electron chi connectivity index (χ4n) is 7.81. The van der Waals surface area contributed by atoms with Crippen LogP contribution >= 0.6 is 7.60 Å². The van der Waals surface area contributed by atoms with Gasteiger partial charge in [-0.1, -0.05) is 171 Å². The zero-order valence-electron chi connectivity index (χ0n) is 38.6. The van der Waals surface area contributed by atoms with E-state index in [0.29, 0.717) is 30.6 Å². The van der Waals surface area contributed by atoms with Gasteiger partial charge in [-0.15, -0.1) is 0 Å². The average Bonchev–Trinajstić information content (AvgIpc) is 3.08. The Labute approximate surface area is 351 Å². The molecule has 0 spiro atoms. The van der Waals surface area contributed by atoms with Gasteiger partial charge in [-0.05, 0) is 80.6 Å². The topological polar surface area (TPSA) is 166 Å². The smallest absolute Gasteiger partial charge is 0.357 e. The van der Waals surface area contributed by atoms with E-state index in [1.807, 2.05) is 0 Å². The standard InChI is InChI=1S/C46H94NO9P/c1-36(2)18-11-20-38(5)22-13-24-40(7)25-15-27-42(9)29-33-55-44(50)46(43(48)49,47-32-17-35-57(52,53)54)56-34-31-45(10,51)30-16-28-41(8)26-14-23-39(6)21-12-19-37(3)4/h36-42,44,47,50-51H,11-35H2,1-10H3,(H,48,49)(H2,52,53,54)/t38?,39?,40?,41?,42?,44?,45?,46-/m0/s1. The van der Waals surface area contributed by atoms with Crippen molar-refractivity contribution in [3.05, 3.63) is 0 Å². The second kappa shape index (κ2) is 31.3. The molecule has 6 N–H and O–H groups in total. The lowest BCUT2D eigenvalue weighted by molar-refractivity contribution is -0.252. The van der Waals surface area contributed by atoms with E-state index in [1.165, 1.54) is 83.5 Å². The molecular formula is C46H94NO9P. The van der Waals surface area contributed by atoms with E-state index in [2.05, 4.69) is 67.6 Å². The average molecular weight is 836 g/mol. The molecule has 342 valence electrons. The van der Waals surface area contributed by atoms with Gasteiger partial charge < -0.3 is 34.6 Å². The van der Waals surface area contributed by atoms with Gasteiger partial charge in [0.2, 0.25) is 6.29 Å². The number of carboxylic acids is 1. The molecule has 0 bridgehead atoms. The Hall–Kier alpha value is -0.580. The van der Waals surface area contributed by atoms with E-state index in [-0.39, 0.29) is 32.6 Å². The number of hydrogen-bond donors (Lipinski definition) is 6. The normalized spacial score (nSPS) is 17.9. The molecular weight excluding hydrogens is 741 g/mol. The molecule has 0 saturated heterocycles. The highest BCUT2D eigenvalue weighted by Gasteiger charge is 2.48. The number of aliphatic hydroxyl groups excluding tert-OH is 1. The molecule has 0 fully saturated rings. The largest absolute Gasteiger partial charge is 0.478 e. The van der Waals surface area contributed by atoms with Crippen molar-refractivity contribution in [1.82, 2.24) is 5.32 Å². The van der Waals surface area contributed by atoms with E-state index in [9.17, 15) is 34.5 Å². The van der Waals surface area contributed by atoms with Crippen molar-refractivity contribution in [2.24, 2.45) is 41.4 Å². The highest BCUT2D eigenvalue weighted by Crippen LogP contribution is 2.35. The van der Waals surface area contributed by atoms with Crippen LogP contribution in [0.4, 0.5) is 0 Å². The van der Waals surface area contributed by atoms with E-state index >= 15 is 0 Å². The third-order valence-electron chi connectivity index (χ3n) is 12.1. The number of aliphatic carboxylic acids is 1. The molecule has 0 aromatic rings. The van der Waals surface area contributed by atoms with Crippen LogP contribution in [-0.4, -0.2) is 74.6 Å². The maximum atomic E-state index is 12.7. The molecule has 7 unspecified atom stereocenters. The molecule has 11 heteroatoms. The first-order valence-corrected chi connectivity index (χ1v) is 25.1. The van der Waals surface area contributed by atoms with Crippen molar-refractivity contribution >= 4 is 13.6 Å². The van der Waals surface area contributed by atoms with Gasteiger partial charge in [0.25, 0.3) is 5.72 Å². The maximum absolute atomic E-state index is 12.7. The first kappa shape index (κ1) is 56.4. The summed E-state index contributed by atoms with van der Waals surface area (Å²) in [6.07, 6.45) is 19.4. The van der Waals surface area contributed by atoms with Crippen LogP contribution in [0.5, 0.6) is 0 Å². The Kier molecular flexibility index (Phi) is 31.0. The minimum atomic E-state index is -4.29. The van der Waals surface area contributed by atoms with Crippen LogP contribution in [0.3, 0.4) is 0 Å². The van der Waals surface area contributed by atoms with Gasteiger partial charge in [0.05, 0.1) is 25.0 Å². The fraction of sp³-hybridized carbons (Fsp3) is 0.978. The Morgan fingerprint density at radius 1 is 0.596 bits per heavy atom. The van der Waals surface area contributed by atoms with Crippen LogP contribution < -0.4 is 5.32 Å². The van der Waals surface area contributed by atoms with Crippen molar-refractivity contribution in [3.63, 3.8) is 0 Å². The molecule has 0 rings (SSSR count). The number of nitrogens with one attached hydrogen (secondary N) is 1. The zero-order chi connectivity index (χ0) is 43.5. The second-order valence-corrected chi connectivity index (χ2v) is 21.5. The zero-order valence-corrected chi connectivity index (χ0v) is 39.5. The summed E-state index contributed by atoms with van der Waals surface area (Å²) < 4.78 is 23.0. The van der Waals surface area contributed by atoms with E-state index in [1.54, 1.807) is 6.92 Å². The number of rotatable bonds is 39. The van der Waals surface area contributed by atoms with Gasteiger partial charge in [0, 0.05) is 0 Å². The van der Waals surface area contributed by atoms with E-state index in [4.69, 9.17) is 9.47 Å². The molecule has 0 aromatic carbocycles. The summed E-state index contributed by atoms with van der Waals surface area (Å²) in [6, 6.07) is 0. The van der Waals surface area contributed by atoms with E-state index in [0.717, 1.165) is 49.4 Å². The first-order valence-electron chi connectivity index (χ1n) is 23.3. The van der Waals surface area contributed by atoms with Gasteiger partial charge in [0.15, 0.2) is 0 Å². The summed E-state index contributed by atoms with van der Waals surface area (Å²) in [5.41, 5.74) is -3.46. The van der Waals surface area contributed by atoms with Crippen LogP contribution in [0.25, 0.3) is 0 Å². The second-order valence-electron chi connectivity index (χ2n) is 19.7. The highest BCUT2D eigenvalue weighted by atomic mass is 31.2. The molecule has 8 atom stereocenters. The molecule has 10 nitrogen and oxygen atoms in total. The van der Waals surface area contributed by atoms with Crippen LogP contribution in [0, 0.1) is 41.4 Å². The lowest BCUT2D eigenvalue weighted by Crippen LogP contribution is -2.63. The van der Waals surface area contributed by atoms with Gasteiger partial charge in [-0.2, -0.15) is 0 Å². The van der Waals surface area contributed by atoms with Gasteiger partial charge in [-0.3, -0.25) is 9.88 Å². The first-order chi connectivity index (χ1) is 26.6. The molecule has 0 aliphatic rings. The maximum Gasteiger partial charge on any atom is 0.357 e. The monoisotopic (exact) mass is 836 g/mol. The minimum Gasteiger partial charge on any atom is -0.478 e. The quantitative estimate of drug-likeness (QED) is 0.0199. The van der Waals surface area contributed by atoms with Gasteiger partial charge in [0.1, 0.15) is 0 Å². The Balaban J connectivity index is 4.92. The summed E-state index contributed by atoms with van der Waals surface area (Å²) in [5, 5.41) is 35.3. The van der Waals surface area contributed by atoms with E-state index < -0.39 is 37.3 Å². The molecule has 0 amide bonds. The summed E-state index contributed by atoms with van der Waals surface area (Å²) in [7, 11) is -4.29. The number of carboxylic acid groups (broad SMARTS) is 1. The van der Waals surface area contributed by atoms with Crippen LogP contribution in [0.15, 0.2) is 0 Å². The van der Waals surface area contributed by atoms with Crippen molar-refractivity contribution in [2.45, 2.75) is 222 Å². The fourth-order valence-corrected chi connectivity index (χ4v) is 8.38. The van der Waals surface area contributed by atoms with Crippen molar-refractivity contribution in [1.29, 1.82) is 0 Å². The number of carbonyl (C=O) groups is 1. The Morgan fingerprint density at radius 2 is 0.982 bits per heavy atom. The molecule has 0 aromatic heterocycles. The van der Waals surface area contributed by atoms with Gasteiger partial charge >= 0.3 is 13.6 Å². The molecule has 0 saturated carbocycles. The molecule has 0 radical (unpaired) electrons. The molecule has 0 aliphatic heterocycles. The lowest BCUT2D eigenvalue weighted by Gasteiger charge is -2.35. The predicted octanol–water partition coefficient (Wildman–Crippen LogP) is 11.3. The highest BCUT2D eigenvalue weighted by molar-refractivity contribution is 7.51. The molecule has 0 heterocycles. The van der Waals surface area contributed by atoms with Gasteiger partial charge in [-0.25, -0.2) is 4.79 Å². The molecule has 0 aliphatic carbocycles. The van der Waals surface area contributed by atoms with Crippen molar-refractivity contribution < 1.29 is 43.9 Å². The van der Waals surface area contributed by atoms with Crippen molar-refractivity contribution in [3.8, 4) is 0 Å². The third kappa shape index (κ3) is 31.0. The Morgan fingerprint density at radius 3 is 1.37 bits per heavy atom. The summed E-state index contributed by atoms with van der Waals surface area (Å²) in [6.45, 7) is 22.2. The lowest BCUT2D eigenvalue weighted by atomic mass is 9.89. The van der Waals surface area contributed by atoms with Crippen molar-refractivity contribution in [2.75, 3.05) is 25.9 Å². The SMILES string of the molecule is CC(C)CCCC(C)CCCC(C)CCCC(C)CCOC(O)[C@@](NCCCP(=O)(O)O)(OCCC(C)(O)CCCC(C)CCCC(C)CCCC(C)C)C(=O)O. The van der Waals surface area contributed by atoms with Crippen LogP contribution in [0.2, 0.25) is 0 Å². The third-order valence-corrected chi connectivity index (χ3v) is 13.0. The summed E-state index contributed by atoms with van der Waals surface area (Å²) >= 11 is 0. The summed E-state index contributed by atoms with van der Waals surface area (Å²) in [5.74, 6) is 3.16.